The van der Waals surface area contributed by atoms with Crippen molar-refractivity contribution in [1.29, 1.82) is 0 Å². The number of phosphoric ester groups is 1. The topological polar surface area (TPSA) is 105 Å². The predicted molar refractivity (Wildman–Crippen MR) is 304 cm³/mol. The number of nitrogens with one attached hydrogen (secondary N) is 1. The molecule has 0 aliphatic heterocycles. The molecule has 0 aromatic heterocycles. The van der Waals surface area contributed by atoms with Gasteiger partial charge in [0.2, 0.25) is 5.91 Å². The van der Waals surface area contributed by atoms with Gasteiger partial charge in [0.05, 0.1) is 39.9 Å². The number of nitrogens with zero attached hydrogens (tertiary/aromatic N) is 1. The molecule has 0 aromatic carbocycles. The summed E-state index contributed by atoms with van der Waals surface area (Å²) in [6, 6.07) is -0.861. The van der Waals surface area contributed by atoms with Crippen molar-refractivity contribution in [1.82, 2.24) is 5.32 Å². The van der Waals surface area contributed by atoms with Crippen LogP contribution in [-0.2, 0) is 18.4 Å². The molecular formula is C61H116N2O6P+. The first kappa shape index (κ1) is 68.2. The molecule has 0 bridgehead atoms. The molecule has 0 saturated carbocycles. The fraction of sp³-hybridized carbons (Fsp3) is 0.820. The standard InChI is InChI=1S/C61H115N2O6P/c1-6-8-10-12-14-16-17-18-19-20-21-22-23-24-25-26-27-28-29-30-31-32-33-34-35-36-37-38-39-40-41-42-43-44-45-47-49-51-53-55-61(65)62-59(58-69-70(66,67)68-57-56-63(3,4)5)60(64)54-52-50-48-46-15-13-11-9-7-2/h15,17-18,20-21,23-24,46,52,54,59-60,64H,6-14,16,19,22,25-45,47-51,53,55-58H2,1-5H3,(H-,62,65,66,67)/p+1/b18-17-,21-20-,24-23-,46-15+,54-52+. The van der Waals surface area contributed by atoms with Crippen LogP contribution in [-0.4, -0.2) is 73.4 Å². The molecule has 0 aromatic rings. The van der Waals surface area contributed by atoms with Crippen molar-refractivity contribution in [2.75, 3.05) is 40.9 Å². The Morgan fingerprint density at radius 1 is 0.486 bits per heavy atom. The minimum Gasteiger partial charge on any atom is -0.387 e. The molecule has 0 rings (SSSR count). The molecule has 0 radical (unpaired) electrons. The molecule has 9 heteroatoms. The number of amides is 1. The molecule has 0 spiro atoms. The van der Waals surface area contributed by atoms with Crippen molar-refractivity contribution in [2.24, 2.45) is 0 Å². The zero-order chi connectivity index (χ0) is 51.3. The molecule has 70 heavy (non-hydrogen) atoms. The van der Waals surface area contributed by atoms with E-state index >= 15 is 0 Å². The number of allylic oxidation sites excluding steroid dienone is 9. The molecule has 3 unspecified atom stereocenters. The second-order valence-electron chi connectivity index (χ2n) is 21.4. The van der Waals surface area contributed by atoms with Crippen LogP contribution in [0.2, 0.25) is 0 Å². The molecule has 8 nitrogen and oxygen atoms in total. The molecule has 1 amide bonds. The van der Waals surface area contributed by atoms with Crippen molar-refractivity contribution in [3.63, 3.8) is 0 Å². The maximum Gasteiger partial charge on any atom is 0.472 e. The average Bonchev–Trinajstić information content (AvgIpc) is 3.32. The van der Waals surface area contributed by atoms with E-state index in [0.717, 1.165) is 51.4 Å². The average molecular weight is 1000 g/mol. The lowest BCUT2D eigenvalue weighted by molar-refractivity contribution is -0.870. The first-order valence-corrected chi connectivity index (χ1v) is 31.2. The fourth-order valence-electron chi connectivity index (χ4n) is 8.54. The van der Waals surface area contributed by atoms with E-state index in [0.29, 0.717) is 17.4 Å². The Hall–Kier alpha value is -1.80. The molecule has 0 aliphatic rings. The number of likely N-dealkylation sites (N-methyl/N-ethyl adjacent to an activating group) is 1. The maximum atomic E-state index is 12.9. The quantitative estimate of drug-likeness (QED) is 0.0243. The normalized spacial score (nSPS) is 14.3. The van der Waals surface area contributed by atoms with E-state index < -0.39 is 20.0 Å². The van der Waals surface area contributed by atoms with E-state index in [1.54, 1.807) is 6.08 Å². The first-order valence-electron chi connectivity index (χ1n) is 29.7. The summed E-state index contributed by atoms with van der Waals surface area (Å²) in [5, 5.41) is 13.8. The highest BCUT2D eigenvalue weighted by atomic mass is 31.2. The summed E-state index contributed by atoms with van der Waals surface area (Å²) < 4.78 is 23.6. The van der Waals surface area contributed by atoms with E-state index in [9.17, 15) is 19.4 Å². The molecule has 0 heterocycles. The Bertz CT molecular complexity index is 1320. The van der Waals surface area contributed by atoms with Gasteiger partial charge < -0.3 is 19.8 Å². The SMILES string of the molecule is CCCCC/C=C/CC/C=C/C(O)C(COP(=O)(O)OCC[N+](C)(C)C)NC(=O)CCCCCCCCCCCCCCCCCCCCCCCCCC/C=C\C/C=C\C/C=C\CCCCCCC. The van der Waals surface area contributed by atoms with Gasteiger partial charge in [-0.1, -0.05) is 254 Å². The zero-order valence-corrected chi connectivity index (χ0v) is 47.7. The molecule has 0 saturated heterocycles. The molecule has 0 aliphatic carbocycles. The van der Waals surface area contributed by atoms with Gasteiger partial charge in [-0.3, -0.25) is 13.8 Å². The van der Waals surface area contributed by atoms with Crippen LogP contribution in [0.4, 0.5) is 0 Å². The van der Waals surface area contributed by atoms with Crippen LogP contribution >= 0.6 is 7.82 Å². The number of carbonyl (C=O) groups is 1. The summed E-state index contributed by atoms with van der Waals surface area (Å²) in [6.45, 7) is 4.74. The zero-order valence-electron chi connectivity index (χ0n) is 46.8. The van der Waals surface area contributed by atoms with E-state index in [1.165, 1.54) is 199 Å². The van der Waals surface area contributed by atoms with E-state index in [-0.39, 0.29) is 19.1 Å². The minimum absolute atomic E-state index is 0.0560. The van der Waals surface area contributed by atoms with Gasteiger partial charge in [-0.15, -0.1) is 0 Å². The van der Waals surface area contributed by atoms with Crippen LogP contribution in [0.3, 0.4) is 0 Å². The largest absolute Gasteiger partial charge is 0.472 e. The molecule has 0 fully saturated rings. The number of aliphatic hydroxyl groups excluding tert-OH is 1. The molecule has 410 valence electrons. The van der Waals surface area contributed by atoms with Crippen molar-refractivity contribution in [3.05, 3.63) is 60.8 Å². The van der Waals surface area contributed by atoms with Gasteiger partial charge in [0.25, 0.3) is 0 Å². The Kier molecular flexibility index (Phi) is 50.7. The lowest BCUT2D eigenvalue weighted by atomic mass is 10.0. The van der Waals surface area contributed by atoms with Crippen LogP contribution in [0.5, 0.6) is 0 Å². The summed E-state index contributed by atoms with van der Waals surface area (Å²) in [7, 11) is 1.56. The van der Waals surface area contributed by atoms with Gasteiger partial charge in [0.1, 0.15) is 13.2 Å². The van der Waals surface area contributed by atoms with Crippen LogP contribution < -0.4 is 5.32 Å². The molecule has 3 N–H and O–H groups in total. The van der Waals surface area contributed by atoms with Crippen LogP contribution in [0.15, 0.2) is 60.8 Å². The predicted octanol–water partition coefficient (Wildman–Crippen LogP) is 18.1. The van der Waals surface area contributed by atoms with E-state index in [2.05, 4.69) is 67.8 Å². The number of quaternary nitrogens is 1. The molecule has 3 atom stereocenters. The second kappa shape index (κ2) is 52.1. The summed E-state index contributed by atoms with van der Waals surface area (Å²) in [4.78, 5) is 23.2. The lowest BCUT2D eigenvalue weighted by Crippen LogP contribution is -2.45. The highest BCUT2D eigenvalue weighted by Gasteiger charge is 2.27. The Morgan fingerprint density at radius 3 is 1.27 bits per heavy atom. The Morgan fingerprint density at radius 2 is 0.829 bits per heavy atom. The number of phosphoric acid groups is 1. The third-order valence-corrected chi connectivity index (χ3v) is 14.2. The van der Waals surface area contributed by atoms with E-state index in [4.69, 9.17) is 9.05 Å². The highest BCUT2D eigenvalue weighted by molar-refractivity contribution is 7.47. The lowest BCUT2D eigenvalue weighted by Gasteiger charge is -2.25. The van der Waals surface area contributed by atoms with Crippen molar-refractivity contribution >= 4 is 13.7 Å². The third kappa shape index (κ3) is 54.0. The fourth-order valence-corrected chi connectivity index (χ4v) is 9.27. The maximum absolute atomic E-state index is 12.9. The van der Waals surface area contributed by atoms with Crippen LogP contribution in [0.25, 0.3) is 0 Å². The number of carbonyl (C=O) groups excluding carboxylic acids is 1. The number of aliphatic hydroxyl groups is 1. The van der Waals surface area contributed by atoms with Crippen molar-refractivity contribution < 1.29 is 32.9 Å². The van der Waals surface area contributed by atoms with Gasteiger partial charge in [-0.2, -0.15) is 0 Å². The summed E-state index contributed by atoms with van der Waals surface area (Å²) in [5.74, 6) is -0.187. The number of rotatable bonds is 54. The smallest absolute Gasteiger partial charge is 0.387 e. The Labute approximate surface area is 434 Å². The van der Waals surface area contributed by atoms with Gasteiger partial charge in [0.15, 0.2) is 0 Å². The van der Waals surface area contributed by atoms with Crippen LogP contribution in [0.1, 0.15) is 271 Å². The van der Waals surface area contributed by atoms with Crippen molar-refractivity contribution in [3.8, 4) is 0 Å². The minimum atomic E-state index is -4.34. The first-order chi connectivity index (χ1) is 34.0. The number of unbranched alkanes of at least 4 members (excludes halogenated alkanes) is 33. The second-order valence-corrected chi connectivity index (χ2v) is 22.8. The summed E-state index contributed by atoms with van der Waals surface area (Å²) in [5.41, 5.74) is 0. The van der Waals surface area contributed by atoms with Crippen molar-refractivity contribution in [2.45, 2.75) is 283 Å². The number of hydrogen-bond acceptors (Lipinski definition) is 5. The van der Waals surface area contributed by atoms with Gasteiger partial charge in [0, 0.05) is 6.42 Å². The third-order valence-electron chi connectivity index (χ3n) is 13.2. The summed E-state index contributed by atoms with van der Waals surface area (Å²) in [6.07, 6.45) is 70.9. The number of hydrogen-bond donors (Lipinski definition) is 3. The monoisotopic (exact) mass is 1000 g/mol. The van der Waals surface area contributed by atoms with E-state index in [1.807, 2.05) is 27.2 Å². The Balaban J connectivity index is 3.82. The van der Waals surface area contributed by atoms with Gasteiger partial charge in [-0.25, -0.2) is 4.57 Å². The summed E-state index contributed by atoms with van der Waals surface area (Å²) >= 11 is 0. The molecular weight excluding hydrogens is 888 g/mol. The highest BCUT2D eigenvalue weighted by Crippen LogP contribution is 2.43. The van der Waals surface area contributed by atoms with Gasteiger partial charge in [-0.05, 0) is 70.6 Å². The van der Waals surface area contributed by atoms with Gasteiger partial charge >= 0.3 is 7.82 Å². The van der Waals surface area contributed by atoms with Crippen LogP contribution in [0, 0.1) is 0 Å².